The van der Waals surface area contributed by atoms with E-state index in [9.17, 15) is 36.3 Å². The SMILES string of the molecule is Cc1ccc(S(=O)(=O)N2CC([C@H]3C[C@@H]3C(=O)O)Oc3ccc(NC(=O)OC(C)(C)C(F)(F)F)cc32)cc1. The van der Waals surface area contributed by atoms with Gasteiger partial charge in [-0.1, -0.05) is 17.7 Å². The van der Waals surface area contributed by atoms with Gasteiger partial charge in [0.05, 0.1) is 23.0 Å². The lowest BCUT2D eigenvalue weighted by Gasteiger charge is -2.36. The average molecular weight is 543 g/mol. The van der Waals surface area contributed by atoms with Gasteiger partial charge in [0.1, 0.15) is 11.9 Å². The van der Waals surface area contributed by atoms with Gasteiger partial charge in [0.25, 0.3) is 10.0 Å². The third-order valence-corrected chi connectivity index (χ3v) is 8.17. The van der Waals surface area contributed by atoms with E-state index in [1.54, 1.807) is 19.1 Å². The number of rotatable bonds is 6. The number of carboxylic acids is 1. The molecule has 1 amide bonds. The van der Waals surface area contributed by atoms with Crippen LogP contribution in [-0.4, -0.2) is 50.0 Å². The molecule has 2 N–H and O–H groups in total. The zero-order valence-electron chi connectivity index (χ0n) is 20.1. The predicted molar refractivity (Wildman–Crippen MR) is 126 cm³/mol. The molecule has 9 nitrogen and oxygen atoms in total. The first kappa shape index (κ1) is 26.6. The molecule has 1 aliphatic carbocycles. The van der Waals surface area contributed by atoms with Gasteiger partial charge in [-0.2, -0.15) is 13.2 Å². The molecule has 0 aromatic heterocycles. The number of fused-ring (bicyclic) bond motifs is 1. The summed E-state index contributed by atoms with van der Waals surface area (Å²) in [5.41, 5.74) is -1.90. The minimum atomic E-state index is -4.81. The van der Waals surface area contributed by atoms with Crippen molar-refractivity contribution in [1.82, 2.24) is 0 Å². The molecule has 4 rings (SSSR count). The van der Waals surface area contributed by atoms with Gasteiger partial charge in [-0.3, -0.25) is 14.4 Å². The van der Waals surface area contributed by atoms with Crippen molar-refractivity contribution in [1.29, 1.82) is 0 Å². The van der Waals surface area contributed by atoms with Crippen LogP contribution in [0.3, 0.4) is 0 Å². The molecule has 1 heterocycles. The Morgan fingerprint density at radius 3 is 2.35 bits per heavy atom. The molecule has 1 saturated carbocycles. The van der Waals surface area contributed by atoms with Gasteiger partial charge in [-0.25, -0.2) is 13.2 Å². The molecule has 0 saturated heterocycles. The van der Waals surface area contributed by atoms with E-state index < -0.39 is 51.8 Å². The lowest BCUT2D eigenvalue weighted by Crippen LogP contribution is -2.45. The number of carboxylic acid groups (broad SMARTS) is 1. The number of carbonyl (C=O) groups is 2. The summed E-state index contributed by atoms with van der Waals surface area (Å²) < 4.78 is 78.0. The minimum absolute atomic E-state index is 0.0139. The van der Waals surface area contributed by atoms with Crippen LogP contribution in [0.5, 0.6) is 5.75 Å². The molecule has 0 radical (unpaired) electrons. The van der Waals surface area contributed by atoms with E-state index in [2.05, 4.69) is 10.1 Å². The van der Waals surface area contributed by atoms with Crippen molar-refractivity contribution >= 4 is 33.5 Å². The third kappa shape index (κ3) is 5.31. The van der Waals surface area contributed by atoms with Gasteiger partial charge >= 0.3 is 18.2 Å². The molecule has 0 spiro atoms. The normalized spacial score (nSPS) is 21.5. The highest BCUT2D eigenvalue weighted by atomic mass is 32.2. The lowest BCUT2D eigenvalue weighted by molar-refractivity contribution is -0.242. The zero-order valence-corrected chi connectivity index (χ0v) is 20.9. The zero-order chi connectivity index (χ0) is 27.3. The van der Waals surface area contributed by atoms with Crippen LogP contribution < -0.4 is 14.4 Å². The molecule has 1 unspecified atom stereocenters. The number of hydrogen-bond acceptors (Lipinski definition) is 6. The maximum Gasteiger partial charge on any atom is 0.427 e. The summed E-state index contributed by atoms with van der Waals surface area (Å²) in [4.78, 5) is 23.5. The third-order valence-electron chi connectivity index (χ3n) is 6.37. The fourth-order valence-corrected chi connectivity index (χ4v) is 5.46. The molecule has 13 heteroatoms. The Bertz CT molecular complexity index is 1330. The minimum Gasteiger partial charge on any atom is -0.486 e. The Labute approximate surface area is 211 Å². The van der Waals surface area contributed by atoms with Crippen molar-refractivity contribution in [3.8, 4) is 5.75 Å². The van der Waals surface area contributed by atoms with Crippen LogP contribution in [0.1, 0.15) is 25.8 Å². The molecule has 0 bridgehead atoms. The Morgan fingerprint density at radius 1 is 1.14 bits per heavy atom. The highest BCUT2D eigenvalue weighted by Gasteiger charge is 2.52. The molecule has 1 fully saturated rings. The van der Waals surface area contributed by atoms with E-state index in [0.29, 0.717) is 20.3 Å². The highest BCUT2D eigenvalue weighted by molar-refractivity contribution is 7.92. The number of carbonyl (C=O) groups excluding carboxylic acids is 1. The summed E-state index contributed by atoms with van der Waals surface area (Å²) >= 11 is 0. The van der Waals surface area contributed by atoms with Gasteiger partial charge in [0.15, 0.2) is 0 Å². The molecular weight excluding hydrogens is 517 g/mol. The van der Waals surface area contributed by atoms with E-state index in [1.165, 1.54) is 30.3 Å². The maximum atomic E-state index is 13.6. The monoisotopic (exact) mass is 542 g/mol. The van der Waals surface area contributed by atoms with Crippen LogP contribution >= 0.6 is 0 Å². The van der Waals surface area contributed by atoms with Crippen LogP contribution in [0.15, 0.2) is 47.4 Å². The van der Waals surface area contributed by atoms with E-state index in [0.717, 1.165) is 9.87 Å². The predicted octanol–water partition coefficient (Wildman–Crippen LogP) is 4.56. The second-order valence-electron chi connectivity index (χ2n) is 9.55. The molecule has 2 aromatic carbocycles. The average Bonchev–Trinajstić information content (AvgIpc) is 3.59. The number of alkyl halides is 3. The van der Waals surface area contributed by atoms with E-state index >= 15 is 0 Å². The number of aryl methyl sites for hydroxylation is 1. The summed E-state index contributed by atoms with van der Waals surface area (Å²) in [5, 5.41) is 11.5. The van der Waals surface area contributed by atoms with Crippen molar-refractivity contribution in [2.75, 3.05) is 16.2 Å². The highest BCUT2D eigenvalue weighted by Crippen LogP contribution is 2.48. The van der Waals surface area contributed by atoms with Crippen LogP contribution in [0.4, 0.5) is 29.3 Å². The first-order valence-electron chi connectivity index (χ1n) is 11.3. The fraction of sp³-hybridized carbons (Fsp3) is 0.417. The summed E-state index contributed by atoms with van der Waals surface area (Å²) in [6.07, 6.45) is -6.58. The number of nitrogens with one attached hydrogen (secondary N) is 1. The Kier molecular flexibility index (Phi) is 6.55. The van der Waals surface area contributed by atoms with Crippen LogP contribution in [0, 0.1) is 18.8 Å². The van der Waals surface area contributed by atoms with Gasteiger partial charge < -0.3 is 14.6 Å². The number of halogens is 3. The van der Waals surface area contributed by atoms with Crippen LogP contribution in [0.2, 0.25) is 0 Å². The summed E-state index contributed by atoms with van der Waals surface area (Å²) in [6, 6.07) is 10.1. The Morgan fingerprint density at radius 2 is 1.78 bits per heavy atom. The van der Waals surface area contributed by atoms with Crippen molar-refractivity contribution < 1.29 is 45.8 Å². The van der Waals surface area contributed by atoms with Gasteiger partial charge in [0, 0.05) is 11.6 Å². The first-order chi connectivity index (χ1) is 17.1. The van der Waals surface area contributed by atoms with Crippen molar-refractivity contribution in [3.63, 3.8) is 0 Å². The molecule has 2 aromatic rings. The first-order valence-corrected chi connectivity index (χ1v) is 12.7. The fourth-order valence-electron chi connectivity index (χ4n) is 3.98. The second-order valence-corrected chi connectivity index (χ2v) is 11.4. The number of benzene rings is 2. The van der Waals surface area contributed by atoms with E-state index in [-0.39, 0.29) is 28.6 Å². The van der Waals surface area contributed by atoms with Gasteiger partial charge in [-0.15, -0.1) is 0 Å². The van der Waals surface area contributed by atoms with E-state index in [4.69, 9.17) is 4.74 Å². The van der Waals surface area contributed by atoms with Crippen molar-refractivity contribution in [2.24, 2.45) is 11.8 Å². The second kappa shape index (κ2) is 9.12. The summed E-state index contributed by atoms with van der Waals surface area (Å²) in [6.45, 7) is 3.01. The summed E-state index contributed by atoms with van der Waals surface area (Å²) in [5.74, 6) is -1.91. The molecule has 37 heavy (non-hydrogen) atoms. The van der Waals surface area contributed by atoms with Crippen molar-refractivity contribution in [2.45, 2.75) is 50.0 Å². The van der Waals surface area contributed by atoms with E-state index in [1.807, 2.05) is 0 Å². The maximum absolute atomic E-state index is 13.6. The molecule has 1 aliphatic heterocycles. The molecule has 2 aliphatic rings. The largest absolute Gasteiger partial charge is 0.486 e. The molecular formula is C24H25F3N2O7S. The van der Waals surface area contributed by atoms with Gasteiger partial charge in [0.2, 0.25) is 5.60 Å². The topological polar surface area (TPSA) is 122 Å². The Balaban J connectivity index is 1.66. The van der Waals surface area contributed by atoms with Crippen LogP contribution in [0.25, 0.3) is 0 Å². The quantitative estimate of drug-likeness (QED) is 0.549. The number of sulfonamides is 1. The molecule has 200 valence electrons. The number of anilines is 2. The number of aliphatic carboxylic acids is 1. The number of ether oxygens (including phenoxy) is 2. The lowest BCUT2D eigenvalue weighted by atomic mass is 10.1. The van der Waals surface area contributed by atoms with Gasteiger partial charge in [-0.05, 0) is 57.5 Å². The smallest absolute Gasteiger partial charge is 0.427 e. The number of nitrogens with zero attached hydrogens (tertiary/aromatic N) is 1. The number of amides is 1. The summed E-state index contributed by atoms with van der Waals surface area (Å²) in [7, 11) is -4.15. The molecule has 3 atom stereocenters. The Hall–Kier alpha value is -3.48. The van der Waals surface area contributed by atoms with Crippen LogP contribution in [-0.2, 0) is 19.6 Å². The standard InChI is InChI=1S/C24H25F3N2O7S/c1-13-4-7-15(8-5-13)37(33,34)29-12-20(16-11-17(16)21(30)31)35-19-9-6-14(10-18(19)29)28-22(32)36-23(2,3)24(25,26)27/h4-10,16-17,20H,11-12H2,1-3H3,(H,28,32)(H,30,31)/t16-,17-,20?/m0/s1. The number of hydrogen-bond donors (Lipinski definition) is 2. The van der Waals surface area contributed by atoms with Crippen molar-refractivity contribution in [3.05, 3.63) is 48.0 Å².